The summed E-state index contributed by atoms with van der Waals surface area (Å²) in [6, 6.07) is 1.40. The Balaban J connectivity index is 0.00000242. The van der Waals surface area contributed by atoms with Crippen molar-refractivity contribution in [1.29, 1.82) is 0 Å². The molecule has 0 aliphatic carbocycles. The van der Waals surface area contributed by atoms with E-state index in [1.807, 2.05) is 13.8 Å². The van der Waals surface area contributed by atoms with Crippen LogP contribution >= 0.6 is 23.7 Å². The van der Waals surface area contributed by atoms with Crippen LogP contribution in [0.1, 0.15) is 26.3 Å². The van der Waals surface area contributed by atoms with Crippen molar-refractivity contribution in [3.8, 4) is 0 Å². The highest BCUT2D eigenvalue weighted by Gasteiger charge is 2.50. The Morgan fingerprint density at radius 3 is 2.32 bits per heavy atom. The molecule has 128 valence electrons. The topological polar surface area (TPSA) is 97.5 Å². The van der Waals surface area contributed by atoms with Gasteiger partial charge in [0, 0.05) is 6.54 Å². The molecule has 1 unspecified atom stereocenters. The third kappa shape index (κ3) is 3.20. The average molecular weight is 389 g/mol. The number of hydrogen-bond donors (Lipinski definition) is 1. The van der Waals surface area contributed by atoms with Crippen LogP contribution in [0.4, 0.5) is 0 Å². The van der Waals surface area contributed by atoms with Gasteiger partial charge in [0.15, 0.2) is 9.84 Å². The van der Waals surface area contributed by atoms with Crippen LogP contribution in [0.2, 0.25) is 0 Å². The van der Waals surface area contributed by atoms with Crippen LogP contribution in [0, 0.1) is 0 Å². The second-order valence-corrected chi connectivity index (χ2v) is 11.0. The minimum absolute atomic E-state index is 0. The first kappa shape index (κ1) is 19.9. The third-order valence-corrected chi connectivity index (χ3v) is 9.56. The zero-order valence-electron chi connectivity index (χ0n) is 12.7. The maximum absolute atomic E-state index is 12.8. The van der Waals surface area contributed by atoms with Gasteiger partial charge >= 0.3 is 0 Å². The number of nitrogens with zero attached hydrogens (tertiary/aromatic N) is 1. The number of hydrogen-bond acceptors (Lipinski definition) is 6. The van der Waals surface area contributed by atoms with Gasteiger partial charge in [-0.1, -0.05) is 13.8 Å². The van der Waals surface area contributed by atoms with Crippen molar-refractivity contribution >= 4 is 43.6 Å². The molecular weight excluding hydrogens is 368 g/mol. The van der Waals surface area contributed by atoms with Gasteiger partial charge in [0.25, 0.3) is 0 Å². The van der Waals surface area contributed by atoms with Crippen LogP contribution in [0.3, 0.4) is 0 Å². The van der Waals surface area contributed by atoms with Gasteiger partial charge in [0.2, 0.25) is 10.0 Å². The number of sulfonamides is 1. The Bertz CT molecular complexity index is 753. The first-order valence-corrected chi connectivity index (χ1v) is 10.5. The van der Waals surface area contributed by atoms with E-state index >= 15 is 0 Å². The Kier molecular flexibility index (Phi) is 5.75. The molecule has 0 saturated carbocycles. The van der Waals surface area contributed by atoms with Crippen molar-refractivity contribution in [3.05, 3.63) is 11.6 Å². The van der Waals surface area contributed by atoms with Gasteiger partial charge in [-0.05, 0) is 38.1 Å². The minimum Gasteiger partial charge on any atom is -0.302 e. The number of thiophene rings is 1. The number of primary sulfonamides is 1. The van der Waals surface area contributed by atoms with E-state index in [4.69, 9.17) is 5.14 Å². The van der Waals surface area contributed by atoms with E-state index in [2.05, 4.69) is 4.90 Å². The molecule has 1 aromatic rings. The summed E-state index contributed by atoms with van der Waals surface area (Å²) in [7, 11) is -7.40. The molecule has 0 fully saturated rings. The molecule has 0 spiro atoms. The highest BCUT2D eigenvalue weighted by molar-refractivity contribution is 7.96. The molecule has 2 N–H and O–H groups in total. The monoisotopic (exact) mass is 388 g/mol. The van der Waals surface area contributed by atoms with E-state index in [0.717, 1.165) is 24.4 Å². The molecule has 0 saturated heterocycles. The first-order chi connectivity index (χ1) is 9.55. The van der Waals surface area contributed by atoms with Crippen LogP contribution in [0.25, 0.3) is 0 Å². The number of nitrogens with two attached hydrogens (primary N) is 1. The number of sulfone groups is 1. The summed E-state index contributed by atoms with van der Waals surface area (Å²) in [5.74, 6) is 0. The lowest BCUT2D eigenvalue weighted by Crippen LogP contribution is -2.45. The summed E-state index contributed by atoms with van der Waals surface area (Å²) in [6.07, 6.45) is 0.327. The maximum atomic E-state index is 12.8. The summed E-state index contributed by atoms with van der Waals surface area (Å²) in [6.45, 7) is 7.69. The molecule has 1 aromatic heterocycles. The van der Waals surface area contributed by atoms with Crippen molar-refractivity contribution in [3.63, 3.8) is 0 Å². The van der Waals surface area contributed by atoms with E-state index in [-0.39, 0.29) is 20.8 Å². The first-order valence-electron chi connectivity index (χ1n) is 6.67. The molecule has 1 aliphatic rings. The molecule has 0 bridgehead atoms. The average Bonchev–Trinajstić information content (AvgIpc) is 2.85. The van der Waals surface area contributed by atoms with E-state index in [1.165, 1.54) is 6.07 Å². The summed E-state index contributed by atoms with van der Waals surface area (Å²) in [5.41, 5.74) is 0.568. The third-order valence-electron chi connectivity index (χ3n) is 3.94. The lowest BCUT2D eigenvalue weighted by Gasteiger charge is -2.30. The van der Waals surface area contributed by atoms with Crippen molar-refractivity contribution in [2.75, 3.05) is 19.6 Å². The highest BCUT2D eigenvalue weighted by Crippen LogP contribution is 2.45. The maximum Gasteiger partial charge on any atom is 0.247 e. The standard InChI is InChI=1S/C12H20N2O4S3.ClH/c1-4-14(5-2)8-12(3)7-9-6-10(21(13,17)18)19-11(9)20(12,15)16;/h6H,4-5,7-8H2,1-3H3,(H2,13,17,18);1H. The summed E-state index contributed by atoms with van der Waals surface area (Å²) in [4.78, 5) is 2.06. The van der Waals surface area contributed by atoms with Crippen molar-refractivity contribution in [2.24, 2.45) is 5.14 Å². The van der Waals surface area contributed by atoms with E-state index in [1.54, 1.807) is 6.92 Å². The summed E-state index contributed by atoms with van der Waals surface area (Å²) in [5, 5.41) is 5.08. The van der Waals surface area contributed by atoms with Crippen LogP contribution < -0.4 is 5.14 Å². The Morgan fingerprint density at radius 2 is 1.91 bits per heavy atom. The molecule has 0 aromatic carbocycles. The van der Waals surface area contributed by atoms with Crippen molar-refractivity contribution in [2.45, 2.75) is 40.4 Å². The second-order valence-electron chi connectivity index (χ2n) is 5.51. The molecule has 10 heteroatoms. The quantitative estimate of drug-likeness (QED) is 0.818. The predicted octanol–water partition coefficient (Wildman–Crippen LogP) is 1.25. The zero-order valence-corrected chi connectivity index (χ0v) is 16.0. The van der Waals surface area contributed by atoms with E-state index < -0.39 is 24.6 Å². The lowest BCUT2D eigenvalue weighted by molar-refractivity contribution is 0.271. The van der Waals surface area contributed by atoms with Gasteiger partial charge in [-0.2, -0.15) is 0 Å². The van der Waals surface area contributed by atoms with Gasteiger partial charge in [0.05, 0.1) is 4.75 Å². The molecule has 22 heavy (non-hydrogen) atoms. The van der Waals surface area contributed by atoms with Crippen LogP contribution in [0.5, 0.6) is 0 Å². The SMILES string of the molecule is CCN(CC)CC1(C)Cc2cc(S(N)(=O)=O)sc2S1(=O)=O.Cl. The summed E-state index contributed by atoms with van der Waals surface area (Å²) < 4.78 is 47.4. The normalized spacial score (nSPS) is 23.3. The van der Waals surface area contributed by atoms with Gasteiger partial charge in [-0.3, -0.25) is 0 Å². The molecular formula is C12H21ClN2O4S3. The van der Waals surface area contributed by atoms with Crippen LogP contribution in [-0.2, 0) is 26.3 Å². The van der Waals surface area contributed by atoms with E-state index in [0.29, 0.717) is 18.5 Å². The van der Waals surface area contributed by atoms with Crippen molar-refractivity contribution in [1.82, 2.24) is 4.90 Å². The van der Waals surface area contributed by atoms with Gasteiger partial charge in [-0.15, -0.1) is 23.7 Å². The van der Waals surface area contributed by atoms with Gasteiger partial charge in [-0.25, -0.2) is 22.0 Å². The highest BCUT2D eigenvalue weighted by atomic mass is 35.5. The van der Waals surface area contributed by atoms with Crippen LogP contribution in [0.15, 0.2) is 14.5 Å². The molecule has 2 rings (SSSR count). The minimum atomic E-state index is -3.86. The Morgan fingerprint density at radius 1 is 1.36 bits per heavy atom. The summed E-state index contributed by atoms with van der Waals surface area (Å²) >= 11 is 0.761. The molecule has 1 aliphatic heterocycles. The fourth-order valence-corrected chi connectivity index (χ4v) is 7.42. The fraction of sp³-hybridized carbons (Fsp3) is 0.667. The fourth-order valence-electron chi connectivity index (χ4n) is 2.66. The molecule has 0 radical (unpaired) electrons. The Hall–Kier alpha value is -0.190. The molecule has 1 atom stereocenters. The van der Waals surface area contributed by atoms with Gasteiger partial charge in [0.1, 0.15) is 8.42 Å². The largest absolute Gasteiger partial charge is 0.302 e. The number of fused-ring (bicyclic) bond motifs is 1. The molecule has 2 heterocycles. The van der Waals surface area contributed by atoms with Crippen molar-refractivity contribution < 1.29 is 16.8 Å². The zero-order chi connectivity index (χ0) is 16.1. The van der Waals surface area contributed by atoms with Gasteiger partial charge < -0.3 is 4.90 Å². The lowest BCUT2D eigenvalue weighted by atomic mass is 10.0. The second kappa shape index (κ2) is 6.37. The molecule has 0 amide bonds. The smallest absolute Gasteiger partial charge is 0.247 e. The Labute approximate surface area is 142 Å². The predicted molar refractivity (Wildman–Crippen MR) is 90.0 cm³/mol. The molecule has 6 nitrogen and oxygen atoms in total. The number of rotatable bonds is 5. The number of halogens is 1. The van der Waals surface area contributed by atoms with E-state index in [9.17, 15) is 16.8 Å². The van der Waals surface area contributed by atoms with Crippen LogP contribution in [-0.4, -0.2) is 46.1 Å².